The number of carbonyl (C=O) groups is 1. The Morgan fingerprint density at radius 2 is 1.89 bits per heavy atom. The molecule has 1 aromatic rings. The van der Waals surface area contributed by atoms with Crippen molar-refractivity contribution in [3.05, 3.63) is 35.4 Å². The molecule has 0 bridgehead atoms. The molecule has 158 valence electrons. The zero-order valence-electron chi connectivity index (χ0n) is 17.4. The van der Waals surface area contributed by atoms with Gasteiger partial charge in [0.05, 0.1) is 12.1 Å². The monoisotopic (exact) mass is 396 g/mol. The van der Waals surface area contributed by atoms with Crippen LogP contribution in [0.2, 0.25) is 0 Å². The molecule has 6 heteroatoms. The number of aliphatic hydroxyl groups is 1. The van der Waals surface area contributed by atoms with E-state index in [1.807, 2.05) is 0 Å². The van der Waals surface area contributed by atoms with Crippen LogP contribution in [0.4, 0.5) is 8.78 Å². The number of benzene rings is 1. The first-order valence-electron chi connectivity index (χ1n) is 10.2. The summed E-state index contributed by atoms with van der Waals surface area (Å²) < 4.78 is 27.0. The van der Waals surface area contributed by atoms with Crippen LogP contribution in [0.1, 0.15) is 58.9 Å². The van der Waals surface area contributed by atoms with Crippen molar-refractivity contribution < 1.29 is 18.7 Å². The molecule has 1 aliphatic heterocycles. The summed E-state index contributed by atoms with van der Waals surface area (Å²) in [6.45, 7) is 8.93. The average molecular weight is 397 g/mol. The molecule has 4 atom stereocenters. The van der Waals surface area contributed by atoms with Crippen molar-refractivity contribution in [3.8, 4) is 0 Å². The zero-order valence-corrected chi connectivity index (χ0v) is 17.4. The van der Waals surface area contributed by atoms with Gasteiger partial charge in [-0.05, 0) is 67.7 Å². The largest absolute Gasteiger partial charge is 0.389 e. The Morgan fingerprint density at radius 1 is 1.25 bits per heavy atom. The fourth-order valence-electron chi connectivity index (χ4n) is 3.89. The molecule has 28 heavy (non-hydrogen) atoms. The molecule has 4 unspecified atom stereocenters. The summed E-state index contributed by atoms with van der Waals surface area (Å²) in [5.74, 6) is -1.02. The maximum Gasteiger partial charge on any atom is 0.217 e. The van der Waals surface area contributed by atoms with Gasteiger partial charge >= 0.3 is 0 Å². The van der Waals surface area contributed by atoms with Crippen LogP contribution in [-0.2, 0) is 11.2 Å². The second kappa shape index (κ2) is 9.79. The topological polar surface area (TPSA) is 61.4 Å². The second-order valence-corrected chi connectivity index (χ2v) is 9.34. The van der Waals surface area contributed by atoms with Crippen molar-refractivity contribution in [2.75, 3.05) is 6.54 Å². The first-order valence-corrected chi connectivity index (χ1v) is 10.2. The van der Waals surface area contributed by atoms with Crippen LogP contribution in [0.3, 0.4) is 0 Å². The van der Waals surface area contributed by atoms with Crippen molar-refractivity contribution in [1.29, 1.82) is 0 Å². The van der Waals surface area contributed by atoms with Crippen LogP contribution in [-0.4, -0.2) is 35.7 Å². The third-order valence-corrected chi connectivity index (χ3v) is 5.45. The van der Waals surface area contributed by atoms with E-state index in [-0.39, 0.29) is 18.4 Å². The van der Waals surface area contributed by atoms with E-state index < -0.39 is 23.8 Å². The van der Waals surface area contributed by atoms with Gasteiger partial charge in [0.2, 0.25) is 5.91 Å². The van der Waals surface area contributed by atoms with E-state index in [2.05, 4.69) is 31.4 Å². The molecule has 4 nitrogen and oxygen atoms in total. The lowest BCUT2D eigenvalue weighted by molar-refractivity contribution is -0.120. The SMILES string of the molecule is CC(=O)NC(Cc1cc(F)cc(F)c1)C(O)C1CCC(CCC(C)(C)C)CN1. The van der Waals surface area contributed by atoms with Crippen LogP contribution < -0.4 is 10.6 Å². The second-order valence-electron chi connectivity index (χ2n) is 9.34. The minimum Gasteiger partial charge on any atom is -0.389 e. The number of aliphatic hydroxyl groups excluding tert-OH is 1. The summed E-state index contributed by atoms with van der Waals surface area (Å²) in [6, 6.07) is 2.53. The molecule has 3 N–H and O–H groups in total. The highest BCUT2D eigenvalue weighted by atomic mass is 19.1. The van der Waals surface area contributed by atoms with E-state index in [0.717, 1.165) is 38.3 Å². The summed E-state index contributed by atoms with van der Waals surface area (Å²) >= 11 is 0. The third-order valence-electron chi connectivity index (χ3n) is 5.45. The number of hydrogen-bond donors (Lipinski definition) is 3. The highest BCUT2D eigenvalue weighted by molar-refractivity contribution is 5.73. The smallest absolute Gasteiger partial charge is 0.217 e. The Hall–Kier alpha value is -1.53. The molecular weight excluding hydrogens is 362 g/mol. The van der Waals surface area contributed by atoms with Gasteiger partial charge in [0.25, 0.3) is 0 Å². The van der Waals surface area contributed by atoms with E-state index in [9.17, 15) is 18.7 Å². The normalized spacial score (nSPS) is 22.5. The van der Waals surface area contributed by atoms with E-state index in [1.165, 1.54) is 19.1 Å². The van der Waals surface area contributed by atoms with Crippen molar-refractivity contribution in [2.45, 2.75) is 78.0 Å². The third kappa shape index (κ3) is 7.47. The van der Waals surface area contributed by atoms with Gasteiger partial charge in [-0.15, -0.1) is 0 Å². The maximum atomic E-state index is 13.5. The molecule has 1 heterocycles. The molecule has 2 rings (SSSR count). The Morgan fingerprint density at radius 3 is 2.39 bits per heavy atom. The van der Waals surface area contributed by atoms with Gasteiger partial charge in [0, 0.05) is 19.0 Å². The van der Waals surface area contributed by atoms with Crippen molar-refractivity contribution in [2.24, 2.45) is 11.3 Å². The summed E-state index contributed by atoms with van der Waals surface area (Å²) in [4.78, 5) is 11.6. The Kier molecular flexibility index (Phi) is 7.96. The number of rotatable bonds is 7. The average Bonchev–Trinajstić information content (AvgIpc) is 2.57. The van der Waals surface area contributed by atoms with Gasteiger partial charge < -0.3 is 15.7 Å². The lowest BCUT2D eigenvalue weighted by Crippen LogP contribution is -2.55. The molecule has 1 saturated heterocycles. The van der Waals surface area contributed by atoms with E-state index in [1.54, 1.807) is 0 Å². The standard InChI is InChI=1S/C22H34F2N2O2/c1-14(27)26-20(11-16-9-17(23)12-18(24)10-16)21(28)19-6-5-15(13-25-19)7-8-22(2,3)4/h9-10,12,15,19-21,25,28H,5-8,11,13H2,1-4H3,(H,26,27). The van der Waals surface area contributed by atoms with Crippen LogP contribution >= 0.6 is 0 Å². The van der Waals surface area contributed by atoms with Gasteiger partial charge in [-0.1, -0.05) is 20.8 Å². The predicted molar refractivity (Wildman–Crippen MR) is 107 cm³/mol. The summed E-state index contributed by atoms with van der Waals surface area (Å²) in [5.41, 5.74) is 0.724. The van der Waals surface area contributed by atoms with Crippen LogP contribution in [0.25, 0.3) is 0 Å². The lowest BCUT2D eigenvalue weighted by atomic mass is 9.82. The number of piperidine rings is 1. The van der Waals surface area contributed by atoms with E-state index >= 15 is 0 Å². The Balaban J connectivity index is 1.97. The highest BCUT2D eigenvalue weighted by Gasteiger charge is 2.32. The molecule has 0 radical (unpaired) electrons. The van der Waals surface area contributed by atoms with E-state index in [0.29, 0.717) is 16.9 Å². The first kappa shape index (κ1) is 22.8. The van der Waals surface area contributed by atoms with Crippen LogP contribution in [0.15, 0.2) is 18.2 Å². The van der Waals surface area contributed by atoms with Crippen molar-refractivity contribution in [1.82, 2.24) is 10.6 Å². The van der Waals surface area contributed by atoms with Crippen LogP contribution in [0, 0.1) is 23.0 Å². The summed E-state index contributed by atoms with van der Waals surface area (Å²) in [7, 11) is 0. The van der Waals surface area contributed by atoms with Crippen molar-refractivity contribution in [3.63, 3.8) is 0 Å². The minimum absolute atomic E-state index is 0.152. The molecule has 0 spiro atoms. The summed E-state index contributed by atoms with van der Waals surface area (Å²) in [5, 5.41) is 17.0. The molecule has 1 aromatic carbocycles. The molecule has 0 aromatic heterocycles. The zero-order chi connectivity index (χ0) is 20.9. The molecular formula is C22H34F2N2O2. The number of nitrogens with one attached hydrogen (secondary N) is 2. The van der Waals surface area contributed by atoms with Crippen LogP contribution in [0.5, 0.6) is 0 Å². The fraction of sp³-hybridized carbons (Fsp3) is 0.682. The molecule has 0 saturated carbocycles. The minimum atomic E-state index is -0.834. The first-order chi connectivity index (χ1) is 13.0. The highest BCUT2D eigenvalue weighted by Crippen LogP contribution is 2.28. The maximum absolute atomic E-state index is 13.5. The molecule has 1 amide bonds. The number of carbonyl (C=O) groups excluding carboxylic acids is 1. The van der Waals surface area contributed by atoms with Gasteiger partial charge in [-0.2, -0.15) is 0 Å². The Labute approximate surface area is 167 Å². The molecule has 1 fully saturated rings. The van der Waals surface area contributed by atoms with Gasteiger partial charge in [-0.3, -0.25) is 4.79 Å². The number of amides is 1. The van der Waals surface area contributed by atoms with E-state index in [4.69, 9.17) is 0 Å². The Bertz CT molecular complexity index is 632. The predicted octanol–water partition coefficient (Wildman–Crippen LogP) is 3.57. The summed E-state index contributed by atoms with van der Waals surface area (Å²) in [6.07, 6.45) is 3.47. The van der Waals surface area contributed by atoms with Gasteiger partial charge in [0.1, 0.15) is 11.6 Å². The number of hydrogen-bond acceptors (Lipinski definition) is 3. The fourth-order valence-corrected chi connectivity index (χ4v) is 3.89. The number of halogens is 2. The molecule has 0 aliphatic carbocycles. The molecule has 1 aliphatic rings. The quantitative estimate of drug-likeness (QED) is 0.660. The van der Waals surface area contributed by atoms with Crippen molar-refractivity contribution >= 4 is 5.91 Å². The lowest BCUT2D eigenvalue weighted by Gasteiger charge is -2.37. The van der Waals surface area contributed by atoms with Gasteiger partial charge in [0.15, 0.2) is 0 Å². The van der Waals surface area contributed by atoms with Gasteiger partial charge in [-0.25, -0.2) is 8.78 Å².